The Hall–Kier alpha value is -3.41. The number of para-hydroxylation sites is 1. The largest absolute Gasteiger partial charge is 0.444 e. The number of aromatic amines is 1. The maximum Gasteiger partial charge on any atom is 0.418 e. The lowest BCUT2D eigenvalue weighted by Crippen LogP contribution is -2.48. The molecule has 0 spiro atoms. The summed E-state index contributed by atoms with van der Waals surface area (Å²) in [6, 6.07) is 1.94. The van der Waals surface area contributed by atoms with E-state index in [4.69, 9.17) is 4.74 Å². The monoisotopic (exact) mass is 646 g/mol. The second-order valence-corrected chi connectivity index (χ2v) is 15.2. The summed E-state index contributed by atoms with van der Waals surface area (Å²) in [6.45, 7) is 14.7. The number of hydrogen-bond donors (Lipinski definition) is 3. The smallest absolute Gasteiger partial charge is 0.418 e. The van der Waals surface area contributed by atoms with Crippen molar-refractivity contribution in [1.82, 2.24) is 15.3 Å². The molecule has 2 heterocycles. The first-order chi connectivity index (χ1) is 20.8. The zero-order chi connectivity index (χ0) is 33.3. The van der Waals surface area contributed by atoms with Gasteiger partial charge in [-0.05, 0) is 68.9 Å². The third-order valence-corrected chi connectivity index (χ3v) is 10.4. The molecule has 5 atom stereocenters. The summed E-state index contributed by atoms with van der Waals surface area (Å²) in [4.78, 5) is 50.0. The fourth-order valence-electron chi connectivity index (χ4n) is 7.67. The highest BCUT2D eigenvalue weighted by Crippen LogP contribution is 2.76. The number of H-pyrrole nitrogens is 1. The van der Waals surface area contributed by atoms with E-state index in [2.05, 4.69) is 27.5 Å². The normalized spacial score (nSPS) is 25.0. The van der Waals surface area contributed by atoms with E-state index in [1.807, 2.05) is 19.2 Å². The van der Waals surface area contributed by atoms with E-state index >= 15 is 4.79 Å². The van der Waals surface area contributed by atoms with Crippen molar-refractivity contribution >= 4 is 39.2 Å². The van der Waals surface area contributed by atoms with Crippen LogP contribution in [0.5, 0.6) is 0 Å². The molecule has 2 aromatic heterocycles. The number of carbonyl (C=O) groups excluding carboxylic acids is 2. The SMILES string of the molecule is CC1CCC2C(C)(C)C2(C(=O)c2c([C@@H](NC(=O)OC(C)(C)C)C(C)C)[nH]c3c(C(F)(F)F)cccc3c2=O)C1Nc1nccs1. The summed E-state index contributed by atoms with van der Waals surface area (Å²) in [6.07, 6.45) is -2.30. The van der Waals surface area contributed by atoms with E-state index in [1.165, 1.54) is 23.5 Å². The molecule has 2 saturated carbocycles. The first-order valence-corrected chi connectivity index (χ1v) is 16.2. The molecule has 1 amide bonds. The molecule has 45 heavy (non-hydrogen) atoms. The first-order valence-electron chi connectivity index (χ1n) is 15.3. The van der Waals surface area contributed by atoms with Crippen LogP contribution in [0.4, 0.5) is 23.1 Å². The van der Waals surface area contributed by atoms with Gasteiger partial charge in [0.05, 0.1) is 33.8 Å². The van der Waals surface area contributed by atoms with Gasteiger partial charge in [0, 0.05) is 23.0 Å². The fraction of sp³-hybridized carbons (Fsp3) is 0.576. The number of ketones is 1. The van der Waals surface area contributed by atoms with Gasteiger partial charge in [-0.25, -0.2) is 9.78 Å². The lowest BCUT2D eigenvalue weighted by atomic mass is 9.71. The number of nitrogens with zero attached hydrogens (tertiary/aromatic N) is 1. The minimum atomic E-state index is -4.78. The molecule has 8 nitrogen and oxygen atoms in total. The number of nitrogens with one attached hydrogen (secondary N) is 3. The second-order valence-electron chi connectivity index (χ2n) is 14.3. The predicted octanol–water partition coefficient (Wildman–Crippen LogP) is 7.96. The van der Waals surface area contributed by atoms with Crippen molar-refractivity contribution in [1.29, 1.82) is 0 Å². The number of rotatable bonds is 7. The van der Waals surface area contributed by atoms with E-state index < -0.39 is 63.0 Å². The topological polar surface area (TPSA) is 113 Å². The van der Waals surface area contributed by atoms with Gasteiger partial charge in [-0.15, -0.1) is 11.3 Å². The van der Waals surface area contributed by atoms with Crippen molar-refractivity contribution in [2.24, 2.45) is 28.6 Å². The van der Waals surface area contributed by atoms with Crippen molar-refractivity contribution in [2.75, 3.05) is 5.32 Å². The molecule has 4 unspecified atom stereocenters. The molecule has 0 saturated heterocycles. The van der Waals surface area contributed by atoms with E-state index in [0.29, 0.717) is 5.13 Å². The Kier molecular flexibility index (Phi) is 8.16. The minimum Gasteiger partial charge on any atom is -0.444 e. The van der Waals surface area contributed by atoms with Crippen LogP contribution in [0.1, 0.15) is 95.9 Å². The fourth-order valence-corrected chi connectivity index (χ4v) is 8.24. The Balaban J connectivity index is 1.77. The van der Waals surface area contributed by atoms with Gasteiger partial charge in [-0.2, -0.15) is 13.2 Å². The van der Waals surface area contributed by atoms with Gasteiger partial charge in [-0.3, -0.25) is 9.59 Å². The number of anilines is 1. The second kappa shape index (κ2) is 11.1. The number of carbonyl (C=O) groups is 2. The number of alkyl halides is 3. The molecule has 0 aliphatic heterocycles. The number of ether oxygens (including phenoxy) is 1. The Labute approximate surface area is 264 Å². The van der Waals surface area contributed by atoms with Crippen LogP contribution >= 0.6 is 11.3 Å². The van der Waals surface area contributed by atoms with Gasteiger partial charge >= 0.3 is 12.3 Å². The molecule has 12 heteroatoms. The average Bonchev–Trinajstić information content (AvgIpc) is 3.20. The summed E-state index contributed by atoms with van der Waals surface area (Å²) in [5.74, 6) is -0.918. The molecule has 2 aliphatic rings. The molecular formula is C33H41F3N4O4S. The van der Waals surface area contributed by atoms with Crippen LogP contribution in [0, 0.1) is 28.6 Å². The summed E-state index contributed by atoms with van der Waals surface area (Å²) in [5, 5.41) is 8.50. The summed E-state index contributed by atoms with van der Waals surface area (Å²) >= 11 is 1.41. The van der Waals surface area contributed by atoms with Crippen molar-refractivity contribution in [3.05, 3.63) is 56.8 Å². The highest BCUT2D eigenvalue weighted by atomic mass is 32.1. The number of benzene rings is 1. The van der Waals surface area contributed by atoms with Crippen molar-refractivity contribution in [3.8, 4) is 0 Å². The maximum atomic E-state index is 15.2. The summed E-state index contributed by atoms with van der Waals surface area (Å²) < 4.78 is 48.2. The quantitative estimate of drug-likeness (QED) is 0.225. The van der Waals surface area contributed by atoms with E-state index in [-0.39, 0.29) is 34.5 Å². The van der Waals surface area contributed by atoms with E-state index in [1.54, 1.807) is 40.8 Å². The average molecular weight is 647 g/mol. The minimum absolute atomic E-state index is 0.0384. The molecule has 1 aromatic carbocycles. The van der Waals surface area contributed by atoms with Crippen molar-refractivity contribution in [3.63, 3.8) is 0 Å². The third-order valence-electron chi connectivity index (χ3n) is 9.71. The molecule has 5 rings (SSSR count). The number of pyridine rings is 1. The number of amides is 1. The van der Waals surface area contributed by atoms with Crippen LogP contribution in [-0.4, -0.2) is 33.5 Å². The summed E-state index contributed by atoms with van der Waals surface area (Å²) in [5.41, 5.74) is -4.98. The number of fused-ring (bicyclic) bond motifs is 2. The zero-order valence-electron chi connectivity index (χ0n) is 26.8. The van der Waals surface area contributed by atoms with Crippen LogP contribution < -0.4 is 16.1 Å². The Morgan fingerprint density at radius 1 is 1.16 bits per heavy atom. The van der Waals surface area contributed by atoms with Gasteiger partial charge in [0.15, 0.2) is 10.9 Å². The number of aromatic nitrogens is 2. The van der Waals surface area contributed by atoms with Crippen molar-refractivity contribution < 1.29 is 27.5 Å². The number of halogens is 3. The number of hydrogen-bond acceptors (Lipinski definition) is 7. The highest BCUT2D eigenvalue weighted by molar-refractivity contribution is 7.13. The molecule has 0 radical (unpaired) electrons. The van der Waals surface area contributed by atoms with Crippen LogP contribution in [0.15, 0.2) is 34.6 Å². The van der Waals surface area contributed by atoms with Crippen LogP contribution in [0.25, 0.3) is 10.9 Å². The lowest BCUT2D eigenvalue weighted by molar-refractivity contribution is -0.136. The lowest BCUT2D eigenvalue weighted by Gasteiger charge is -2.38. The molecular weight excluding hydrogens is 605 g/mol. The highest BCUT2D eigenvalue weighted by Gasteiger charge is 2.79. The predicted molar refractivity (Wildman–Crippen MR) is 168 cm³/mol. The Morgan fingerprint density at radius 3 is 2.42 bits per heavy atom. The number of Topliss-reactive ketones (excluding diaryl/α,β-unsaturated/α-hetero) is 1. The first kappa shape index (κ1) is 33.0. The van der Waals surface area contributed by atoms with Crippen LogP contribution in [0.2, 0.25) is 0 Å². The molecule has 3 N–H and O–H groups in total. The van der Waals surface area contributed by atoms with Gasteiger partial charge in [-0.1, -0.05) is 40.7 Å². The van der Waals surface area contributed by atoms with E-state index in [0.717, 1.165) is 18.9 Å². The van der Waals surface area contributed by atoms with Gasteiger partial charge in [0.25, 0.3) is 0 Å². The molecule has 3 aromatic rings. The zero-order valence-corrected chi connectivity index (χ0v) is 27.6. The van der Waals surface area contributed by atoms with Crippen LogP contribution in [-0.2, 0) is 10.9 Å². The Morgan fingerprint density at radius 2 is 1.84 bits per heavy atom. The standard InChI is InChI=1S/C33H41F3N4O4S/c1-16(2)22(39-29(43)44-30(4,5)6)24-21(25(41)18-10-9-11-19(23(18)38-24)33(34,35)36)27(42)32-20(31(32,7)8)13-12-17(3)26(32)40-28-37-14-15-45-28/h9-11,14-17,20,22,26H,12-13H2,1-8H3,(H,37,40)(H,38,41)(H,39,43)/t17?,20?,22-,26?,32?/m0/s1. The molecule has 2 fully saturated rings. The van der Waals surface area contributed by atoms with Crippen LogP contribution in [0.3, 0.4) is 0 Å². The van der Waals surface area contributed by atoms with Crippen molar-refractivity contribution in [2.45, 2.75) is 92.1 Å². The maximum absolute atomic E-state index is 15.2. The molecule has 244 valence electrons. The Bertz CT molecular complexity index is 1680. The number of alkyl carbamates (subject to hydrolysis) is 1. The van der Waals surface area contributed by atoms with E-state index in [9.17, 15) is 22.8 Å². The summed E-state index contributed by atoms with van der Waals surface area (Å²) in [7, 11) is 0. The van der Waals surface area contributed by atoms with Gasteiger partial charge in [0.1, 0.15) is 5.60 Å². The third kappa shape index (κ3) is 5.53. The van der Waals surface area contributed by atoms with Gasteiger partial charge < -0.3 is 20.4 Å². The molecule has 0 bridgehead atoms. The van der Waals surface area contributed by atoms with Gasteiger partial charge in [0.2, 0.25) is 5.43 Å². The number of thiazole rings is 1. The molecule has 2 aliphatic carbocycles.